The molecule has 5 heteroatoms. The summed E-state index contributed by atoms with van der Waals surface area (Å²) in [5.41, 5.74) is 0.340. The molecule has 2 rings (SSSR count). The van der Waals surface area contributed by atoms with E-state index in [2.05, 4.69) is 26.6 Å². The molecule has 1 aromatic carbocycles. The van der Waals surface area contributed by atoms with E-state index in [-0.39, 0.29) is 5.91 Å². The summed E-state index contributed by atoms with van der Waals surface area (Å²) in [5, 5.41) is 6.94. The first-order valence-corrected chi connectivity index (χ1v) is 8.05. The van der Waals surface area contributed by atoms with Gasteiger partial charge < -0.3 is 10.6 Å². The molecule has 0 saturated carbocycles. The van der Waals surface area contributed by atoms with Gasteiger partial charge in [-0.15, -0.1) is 0 Å². The molecule has 0 radical (unpaired) electrons. The number of anilines is 1. The molecular formula is C15H20BrClN2O. The van der Waals surface area contributed by atoms with Gasteiger partial charge in [-0.05, 0) is 66.0 Å². The number of benzene rings is 1. The van der Waals surface area contributed by atoms with Crippen LogP contribution in [0.5, 0.6) is 0 Å². The van der Waals surface area contributed by atoms with Gasteiger partial charge in [0, 0.05) is 15.6 Å². The van der Waals surface area contributed by atoms with Crippen LogP contribution in [0.2, 0.25) is 5.02 Å². The van der Waals surface area contributed by atoms with E-state index in [1.54, 1.807) is 6.07 Å². The molecule has 1 saturated heterocycles. The van der Waals surface area contributed by atoms with E-state index in [1.807, 2.05) is 26.0 Å². The highest BCUT2D eigenvalue weighted by molar-refractivity contribution is 9.10. The summed E-state index contributed by atoms with van der Waals surface area (Å²) in [5.74, 6) is 0.409. The predicted molar refractivity (Wildman–Crippen MR) is 87.2 cm³/mol. The molecule has 3 nitrogen and oxygen atoms in total. The molecule has 1 aliphatic rings. The maximum absolute atomic E-state index is 12.5. The Morgan fingerprint density at radius 3 is 2.85 bits per heavy atom. The fourth-order valence-electron chi connectivity index (χ4n) is 2.52. The average Bonchev–Trinajstić information content (AvgIpc) is 2.44. The summed E-state index contributed by atoms with van der Waals surface area (Å²) in [6.45, 7) is 5.99. The highest BCUT2D eigenvalue weighted by Gasteiger charge is 2.37. The smallest absolute Gasteiger partial charge is 0.230 e. The maximum atomic E-state index is 12.5. The zero-order chi connectivity index (χ0) is 14.8. The summed E-state index contributed by atoms with van der Waals surface area (Å²) < 4.78 is 0.827. The zero-order valence-corrected chi connectivity index (χ0v) is 14.1. The van der Waals surface area contributed by atoms with Crippen molar-refractivity contribution in [2.24, 2.45) is 11.3 Å². The van der Waals surface area contributed by atoms with Crippen molar-refractivity contribution in [2.75, 3.05) is 18.4 Å². The molecule has 1 atom stereocenters. The Morgan fingerprint density at radius 1 is 1.50 bits per heavy atom. The Hall–Kier alpha value is -0.580. The SMILES string of the molecule is CC(C)(C(=O)Nc1ccc(Br)c(Cl)c1)C1CCCNC1. The fourth-order valence-corrected chi connectivity index (χ4v) is 2.95. The Morgan fingerprint density at radius 2 is 2.25 bits per heavy atom. The molecule has 0 spiro atoms. The number of rotatable bonds is 3. The molecule has 1 amide bonds. The predicted octanol–water partition coefficient (Wildman–Crippen LogP) is 4.07. The number of carbonyl (C=O) groups is 1. The lowest BCUT2D eigenvalue weighted by Gasteiger charge is -2.36. The Kier molecular flexibility index (Phi) is 5.10. The molecule has 0 bridgehead atoms. The minimum atomic E-state index is -0.396. The fraction of sp³-hybridized carbons (Fsp3) is 0.533. The van der Waals surface area contributed by atoms with Crippen LogP contribution in [0.3, 0.4) is 0 Å². The second-order valence-corrected chi connectivity index (χ2v) is 7.11. The number of piperidine rings is 1. The van der Waals surface area contributed by atoms with Gasteiger partial charge in [-0.2, -0.15) is 0 Å². The summed E-state index contributed by atoms with van der Waals surface area (Å²) in [7, 11) is 0. The van der Waals surface area contributed by atoms with Gasteiger partial charge in [-0.25, -0.2) is 0 Å². The van der Waals surface area contributed by atoms with Crippen LogP contribution in [0, 0.1) is 11.3 Å². The second-order valence-electron chi connectivity index (χ2n) is 5.85. The van der Waals surface area contributed by atoms with Crippen molar-refractivity contribution in [3.05, 3.63) is 27.7 Å². The van der Waals surface area contributed by atoms with Crippen LogP contribution in [0.1, 0.15) is 26.7 Å². The zero-order valence-electron chi connectivity index (χ0n) is 11.8. The highest BCUT2D eigenvalue weighted by atomic mass is 79.9. The van der Waals surface area contributed by atoms with Crippen LogP contribution in [0.15, 0.2) is 22.7 Å². The molecule has 1 aliphatic heterocycles. The van der Waals surface area contributed by atoms with Gasteiger partial charge in [0.25, 0.3) is 0 Å². The quantitative estimate of drug-likeness (QED) is 0.854. The van der Waals surface area contributed by atoms with E-state index >= 15 is 0 Å². The van der Waals surface area contributed by atoms with Gasteiger partial charge in [-0.1, -0.05) is 25.4 Å². The van der Waals surface area contributed by atoms with Gasteiger partial charge in [-0.3, -0.25) is 4.79 Å². The van der Waals surface area contributed by atoms with Crippen molar-refractivity contribution in [1.82, 2.24) is 5.32 Å². The lowest BCUT2D eigenvalue weighted by molar-refractivity contribution is -0.127. The van der Waals surface area contributed by atoms with E-state index in [0.29, 0.717) is 10.9 Å². The van der Waals surface area contributed by atoms with Crippen molar-refractivity contribution in [2.45, 2.75) is 26.7 Å². The van der Waals surface area contributed by atoms with Crippen LogP contribution in [0.4, 0.5) is 5.69 Å². The summed E-state index contributed by atoms with van der Waals surface area (Å²) >= 11 is 9.40. The van der Waals surface area contributed by atoms with Crippen LogP contribution in [-0.4, -0.2) is 19.0 Å². The standard InChI is InChI=1S/C15H20BrClN2O/c1-15(2,10-4-3-7-18-9-10)14(20)19-11-5-6-12(16)13(17)8-11/h5-6,8,10,18H,3-4,7,9H2,1-2H3,(H,19,20). The lowest BCUT2D eigenvalue weighted by Crippen LogP contribution is -2.44. The Bertz CT molecular complexity index is 499. The van der Waals surface area contributed by atoms with Crippen molar-refractivity contribution in [1.29, 1.82) is 0 Å². The summed E-state index contributed by atoms with van der Waals surface area (Å²) in [6, 6.07) is 5.45. The molecule has 2 N–H and O–H groups in total. The third kappa shape index (κ3) is 3.54. The first-order chi connectivity index (χ1) is 9.41. The van der Waals surface area contributed by atoms with Crippen molar-refractivity contribution >= 4 is 39.1 Å². The first kappa shape index (κ1) is 15.8. The number of hydrogen-bond acceptors (Lipinski definition) is 2. The van der Waals surface area contributed by atoms with Crippen molar-refractivity contribution in [3.63, 3.8) is 0 Å². The Balaban J connectivity index is 2.07. The normalized spacial score (nSPS) is 19.7. The van der Waals surface area contributed by atoms with Crippen LogP contribution in [-0.2, 0) is 4.79 Å². The number of carbonyl (C=O) groups excluding carboxylic acids is 1. The number of amides is 1. The average molecular weight is 360 g/mol. The summed E-state index contributed by atoms with van der Waals surface area (Å²) in [6.07, 6.45) is 2.22. The molecule has 1 fully saturated rings. The molecule has 1 unspecified atom stereocenters. The monoisotopic (exact) mass is 358 g/mol. The van der Waals surface area contributed by atoms with Gasteiger partial charge >= 0.3 is 0 Å². The van der Waals surface area contributed by atoms with E-state index in [9.17, 15) is 4.79 Å². The van der Waals surface area contributed by atoms with Crippen molar-refractivity contribution in [3.8, 4) is 0 Å². The topological polar surface area (TPSA) is 41.1 Å². The maximum Gasteiger partial charge on any atom is 0.230 e. The van der Waals surface area contributed by atoms with Crippen LogP contribution < -0.4 is 10.6 Å². The second kappa shape index (κ2) is 6.46. The van der Waals surface area contributed by atoms with Gasteiger partial charge in [0.05, 0.1) is 5.02 Å². The largest absolute Gasteiger partial charge is 0.326 e. The highest BCUT2D eigenvalue weighted by Crippen LogP contribution is 2.33. The number of hydrogen-bond donors (Lipinski definition) is 2. The third-order valence-corrected chi connectivity index (χ3v) is 5.31. The molecule has 1 heterocycles. The van der Waals surface area contributed by atoms with E-state index < -0.39 is 5.41 Å². The number of nitrogens with one attached hydrogen (secondary N) is 2. The van der Waals surface area contributed by atoms with E-state index in [4.69, 9.17) is 11.6 Å². The molecule has 20 heavy (non-hydrogen) atoms. The molecular weight excluding hydrogens is 340 g/mol. The van der Waals surface area contributed by atoms with Gasteiger partial charge in [0.2, 0.25) is 5.91 Å². The lowest BCUT2D eigenvalue weighted by atomic mass is 9.74. The molecule has 0 aromatic heterocycles. The molecule has 110 valence electrons. The first-order valence-electron chi connectivity index (χ1n) is 6.88. The number of halogens is 2. The van der Waals surface area contributed by atoms with Crippen LogP contribution in [0.25, 0.3) is 0 Å². The minimum absolute atomic E-state index is 0.0459. The molecule has 1 aromatic rings. The van der Waals surface area contributed by atoms with E-state index in [1.165, 1.54) is 0 Å². The third-order valence-electron chi connectivity index (χ3n) is 4.08. The van der Waals surface area contributed by atoms with Gasteiger partial charge in [0.15, 0.2) is 0 Å². The summed E-state index contributed by atoms with van der Waals surface area (Å²) in [4.78, 5) is 12.5. The molecule has 0 aliphatic carbocycles. The van der Waals surface area contributed by atoms with E-state index in [0.717, 1.165) is 36.1 Å². The van der Waals surface area contributed by atoms with Crippen LogP contribution >= 0.6 is 27.5 Å². The van der Waals surface area contributed by atoms with Gasteiger partial charge in [0.1, 0.15) is 0 Å². The Labute approximate surface area is 133 Å². The van der Waals surface area contributed by atoms with Crippen molar-refractivity contribution < 1.29 is 4.79 Å². The minimum Gasteiger partial charge on any atom is -0.326 e.